The number of hydrogen-bond acceptors (Lipinski definition) is 3. The van der Waals surface area contributed by atoms with Gasteiger partial charge in [0.1, 0.15) is 5.82 Å². The van der Waals surface area contributed by atoms with Crippen molar-refractivity contribution in [2.24, 2.45) is 0 Å². The van der Waals surface area contributed by atoms with Gasteiger partial charge in [0.15, 0.2) is 0 Å². The summed E-state index contributed by atoms with van der Waals surface area (Å²) < 4.78 is 38.3. The second-order valence-corrected chi connectivity index (χ2v) is 5.89. The van der Waals surface area contributed by atoms with E-state index in [0.717, 1.165) is 23.3 Å². The highest BCUT2D eigenvalue weighted by molar-refractivity contribution is 5.89. The van der Waals surface area contributed by atoms with Crippen LogP contribution in [0.3, 0.4) is 0 Å². The molecule has 7 heteroatoms. The Kier molecular flexibility index (Phi) is 5.12. The molecule has 0 spiro atoms. The first kappa shape index (κ1) is 18.4. The molecule has 0 aliphatic heterocycles. The molecule has 27 heavy (non-hydrogen) atoms. The standard InChI is InChI=1S/C20H16F3N3O/c1-13(27)25-17-8-5-14(6-9-17)15-7-10-19(24-12-15)26-18-4-2-3-16(11-18)20(21,22)23/h2-12H,1H3,(H,24,26)(H,25,27). The van der Waals surface area contributed by atoms with E-state index in [0.29, 0.717) is 17.2 Å². The number of alkyl halides is 3. The quantitative estimate of drug-likeness (QED) is 0.639. The van der Waals surface area contributed by atoms with Crippen LogP contribution in [0.1, 0.15) is 12.5 Å². The van der Waals surface area contributed by atoms with Crippen LogP contribution < -0.4 is 10.6 Å². The second-order valence-electron chi connectivity index (χ2n) is 5.89. The van der Waals surface area contributed by atoms with Gasteiger partial charge in [-0.05, 0) is 48.0 Å². The van der Waals surface area contributed by atoms with Crippen molar-refractivity contribution in [1.29, 1.82) is 0 Å². The molecule has 0 unspecified atom stereocenters. The second kappa shape index (κ2) is 7.49. The van der Waals surface area contributed by atoms with Crippen molar-refractivity contribution in [2.45, 2.75) is 13.1 Å². The number of aromatic nitrogens is 1. The van der Waals surface area contributed by atoms with Crippen molar-refractivity contribution < 1.29 is 18.0 Å². The van der Waals surface area contributed by atoms with E-state index in [1.807, 2.05) is 18.2 Å². The average molecular weight is 371 g/mol. The fraction of sp³-hybridized carbons (Fsp3) is 0.100. The highest BCUT2D eigenvalue weighted by Crippen LogP contribution is 2.31. The van der Waals surface area contributed by atoms with Crippen LogP contribution in [0.2, 0.25) is 0 Å². The Balaban J connectivity index is 1.73. The minimum atomic E-state index is -4.39. The Morgan fingerprint density at radius 2 is 1.63 bits per heavy atom. The Bertz CT molecular complexity index is 936. The van der Waals surface area contributed by atoms with Crippen molar-refractivity contribution in [3.63, 3.8) is 0 Å². The van der Waals surface area contributed by atoms with Gasteiger partial charge in [0.25, 0.3) is 0 Å². The average Bonchev–Trinajstić information content (AvgIpc) is 2.62. The molecule has 0 bridgehead atoms. The minimum Gasteiger partial charge on any atom is -0.340 e. The van der Waals surface area contributed by atoms with Crippen LogP contribution in [-0.4, -0.2) is 10.9 Å². The van der Waals surface area contributed by atoms with Crippen LogP contribution >= 0.6 is 0 Å². The summed E-state index contributed by atoms with van der Waals surface area (Å²) in [6, 6.07) is 15.7. The SMILES string of the molecule is CC(=O)Nc1ccc(-c2ccc(Nc3cccc(C(F)(F)F)c3)nc2)cc1. The van der Waals surface area contributed by atoms with Crippen LogP contribution in [0.5, 0.6) is 0 Å². The van der Waals surface area contributed by atoms with E-state index in [2.05, 4.69) is 15.6 Å². The maximum Gasteiger partial charge on any atom is 0.416 e. The lowest BCUT2D eigenvalue weighted by molar-refractivity contribution is -0.137. The Hall–Kier alpha value is -3.35. The molecule has 3 aromatic rings. The molecule has 2 aromatic carbocycles. The van der Waals surface area contributed by atoms with Gasteiger partial charge in [0, 0.05) is 30.1 Å². The number of nitrogens with one attached hydrogen (secondary N) is 2. The topological polar surface area (TPSA) is 54.0 Å². The summed E-state index contributed by atoms with van der Waals surface area (Å²) in [5, 5.41) is 5.56. The molecule has 1 aromatic heterocycles. The number of rotatable bonds is 4. The van der Waals surface area contributed by atoms with E-state index in [1.165, 1.54) is 13.0 Å². The van der Waals surface area contributed by atoms with E-state index >= 15 is 0 Å². The first-order valence-electron chi connectivity index (χ1n) is 8.09. The zero-order valence-corrected chi connectivity index (χ0v) is 14.3. The molecule has 3 rings (SSSR count). The summed E-state index contributed by atoms with van der Waals surface area (Å²) >= 11 is 0. The molecule has 0 fully saturated rings. The molecule has 0 aliphatic carbocycles. The lowest BCUT2D eigenvalue weighted by Crippen LogP contribution is -2.05. The van der Waals surface area contributed by atoms with E-state index in [4.69, 9.17) is 0 Å². The predicted molar refractivity (Wildman–Crippen MR) is 98.7 cm³/mol. The number of benzene rings is 2. The third-order valence-corrected chi connectivity index (χ3v) is 3.76. The normalized spacial score (nSPS) is 11.1. The van der Waals surface area contributed by atoms with Crippen LogP contribution in [-0.2, 0) is 11.0 Å². The van der Waals surface area contributed by atoms with E-state index in [-0.39, 0.29) is 5.91 Å². The lowest BCUT2D eigenvalue weighted by atomic mass is 10.1. The fourth-order valence-corrected chi connectivity index (χ4v) is 2.51. The van der Waals surface area contributed by atoms with Crippen molar-refractivity contribution in [3.05, 3.63) is 72.4 Å². The maximum atomic E-state index is 12.8. The molecule has 1 amide bonds. The molecule has 0 aliphatic rings. The molecule has 0 saturated heterocycles. The summed E-state index contributed by atoms with van der Waals surface area (Å²) in [6.07, 6.45) is -2.76. The van der Waals surface area contributed by atoms with Crippen molar-refractivity contribution in [3.8, 4) is 11.1 Å². The van der Waals surface area contributed by atoms with E-state index in [1.54, 1.807) is 30.5 Å². The third-order valence-electron chi connectivity index (χ3n) is 3.76. The zero-order valence-electron chi connectivity index (χ0n) is 14.3. The van der Waals surface area contributed by atoms with Gasteiger partial charge in [-0.25, -0.2) is 4.98 Å². The Labute approximate surface area is 154 Å². The first-order valence-corrected chi connectivity index (χ1v) is 8.09. The highest BCUT2D eigenvalue weighted by Gasteiger charge is 2.30. The number of carbonyl (C=O) groups is 1. The number of hydrogen-bond donors (Lipinski definition) is 2. The Morgan fingerprint density at radius 1 is 0.926 bits per heavy atom. The van der Waals surface area contributed by atoms with Gasteiger partial charge in [0.2, 0.25) is 5.91 Å². The van der Waals surface area contributed by atoms with Gasteiger partial charge >= 0.3 is 6.18 Å². The molecule has 2 N–H and O–H groups in total. The van der Waals surface area contributed by atoms with Gasteiger partial charge in [0.05, 0.1) is 5.56 Å². The number of nitrogens with zero attached hydrogens (tertiary/aromatic N) is 1. The summed E-state index contributed by atoms with van der Waals surface area (Å²) in [7, 11) is 0. The molecular weight excluding hydrogens is 355 g/mol. The van der Waals surface area contributed by atoms with Crippen LogP contribution in [0, 0.1) is 0 Å². The monoisotopic (exact) mass is 371 g/mol. The maximum absolute atomic E-state index is 12.8. The summed E-state index contributed by atoms with van der Waals surface area (Å²) in [4.78, 5) is 15.3. The molecule has 138 valence electrons. The minimum absolute atomic E-state index is 0.144. The lowest BCUT2D eigenvalue weighted by Gasteiger charge is -2.10. The molecule has 0 atom stereocenters. The summed E-state index contributed by atoms with van der Waals surface area (Å²) in [5.74, 6) is 0.294. The van der Waals surface area contributed by atoms with Gasteiger partial charge in [-0.2, -0.15) is 13.2 Å². The number of pyridine rings is 1. The number of amides is 1. The zero-order chi connectivity index (χ0) is 19.4. The van der Waals surface area contributed by atoms with Gasteiger partial charge in [-0.3, -0.25) is 4.79 Å². The molecule has 4 nitrogen and oxygen atoms in total. The van der Waals surface area contributed by atoms with Gasteiger partial charge < -0.3 is 10.6 Å². The molecule has 1 heterocycles. The van der Waals surface area contributed by atoms with E-state index in [9.17, 15) is 18.0 Å². The van der Waals surface area contributed by atoms with Crippen LogP contribution in [0.4, 0.5) is 30.4 Å². The summed E-state index contributed by atoms with van der Waals surface area (Å²) in [5.41, 5.74) is 2.04. The Morgan fingerprint density at radius 3 is 2.22 bits per heavy atom. The van der Waals surface area contributed by atoms with Crippen molar-refractivity contribution in [1.82, 2.24) is 4.98 Å². The van der Waals surface area contributed by atoms with Crippen LogP contribution in [0.15, 0.2) is 66.9 Å². The number of halogens is 3. The van der Waals surface area contributed by atoms with Crippen molar-refractivity contribution in [2.75, 3.05) is 10.6 Å². The highest BCUT2D eigenvalue weighted by atomic mass is 19.4. The number of carbonyl (C=O) groups excluding carboxylic acids is 1. The fourth-order valence-electron chi connectivity index (χ4n) is 2.51. The molecule has 0 saturated carbocycles. The predicted octanol–water partition coefficient (Wildman–Crippen LogP) is 5.47. The van der Waals surface area contributed by atoms with Gasteiger partial charge in [-0.15, -0.1) is 0 Å². The number of anilines is 3. The largest absolute Gasteiger partial charge is 0.416 e. The van der Waals surface area contributed by atoms with E-state index < -0.39 is 11.7 Å². The first-order chi connectivity index (χ1) is 12.8. The smallest absolute Gasteiger partial charge is 0.340 e. The third kappa shape index (κ3) is 4.84. The van der Waals surface area contributed by atoms with Gasteiger partial charge in [-0.1, -0.05) is 18.2 Å². The molecular formula is C20H16F3N3O. The van der Waals surface area contributed by atoms with Crippen molar-refractivity contribution >= 4 is 23.1 Å². The molecule has 0 radical (unpaired) electrons. The summed E-state index contributed by atoms with van der Waals surface area (Å²) in [6.45, 7) is 1.44. The van der Waals surface area contributed by atoms with Crippen LogP contribution in [0.25, 0.3) is 11.1 Å².